The van der Waals surface area contributed by atoms with Crippen molar-refractivity contribution >= 4 is 46.3 Å². The number of hydrogen-bond donors (Lipinski definition) is 2. The SMILES string of the molecule is COc1cccc(C=C2SC(=S)NC2=O)c1OCC(=O)O. The Morgan fingerprint density at radius 3 is 2.86 bits per heavy atom. The molecule has 0 spiro atoms. The zero-order valence-electron chi connectivity index (χ0n) is 10.9. The Morgan fingerprint density at radius 2 is 2.29 bits per heavy atom. The lowest BCUT2D eigenvalue weighted by Gasteiger charge is -2.12. The van der Waals surface area contributed by atoms with Gasteiger partial charge in [0.25, 0.3) is 5.91 Å². The number of thiocarbonyl (C=S) groups is 1. The van der Waals surface area contributed by atoms with E-state index in [4.69, 9.17) is 26.8 Å². The number of hydrogen-bond acceptors (Lipinski definition) is 6. The van der Waals surface area contributed by atoms with Gasteiger partial charge >= 0.3 is 5.97 Å². The topological polar surface area (TPSA) is 84.9 Å². The molecule has 6 nitrogen and oxygen atoms in total. The van der Waals surface area contributed by atoms with Gasteiger partial charge in [-0.3, -0.25) is 4.79 Å². The van der Waals surface area contributed by atoms with Crippen molar-refractivity contribution in [3.63, 3.8) is 0 Å². The number of thioether (sulfide) groups is 1. The molecule has 0 aliphatic carbocycles. The van der Waals surface area contributed by atoms with Crippen molar-refractivity contribution < 1.29 is 24.2 Å². The second kappa shape index (κ2) is 6.59. The van der Waals surface area contributed by atoms with Gasteiger partial charge in [-0.05, 0) is 12.1 Å². The molecular formula is C13H11NO5S2. The van der Waals surface area contributed by atoms with Crippen LogP contribution in [-0.2, 0) is 9.59 Å². The van der Waals surface area contributed by atoms with Gasteiger partial charge < -0.3 is 19.9 Å². The standard InChI is InChI=1S/C13H11NO5S2/c1-18-8-4-2-3-7(11(8)19-6-10(15)16)5-9-12(17)14-13(20)21-9/h2-5H,6H2,1H3,(H,15,16)(H,14,17,20). The van der Waals surface area contributed by atoms with Crippen LogP contribution in [0.3, 0.4) is 0 Å². The molecule has 1 amide bonds. The van der Waals surface area contributed by atoms with Gasteiger partial charge in [-0.15, -0.1) is 0 Å². The highest BCUT2D eigenvalue weighted by molar-refractivity contribution is 8.26. The highest BCUT2D eigenvalue weighted by atomic mass is 32.2. The summed E-state index contributed by atoms with van der Waals surface area (Å²) in [6.07, 6.45) is 1.58. The third kappa shape index (κ3) is 3.73. The van der Waals surface area contributed by atoms with Crippen molar-refractivity contribution in [1.82, 2.24) is 5.32 Å². The first-order valence-electron chi connectivity index (χ1n) is 5.77. The molecule has 1 aromatic rings. The minimum atomic E-state index is -1.10. The molecule has 0 bridgehead atoms. The molecule has 21 heavy (non-hydrogen) atoms. The Balaban J connectivity index is 2.38. The van der Waals surface area contributed by atoms with E-state index in [1.165, 1.54) is 7.11 Å². The molecule has 2 N–H and O–H groups in total. The van der Waals surface area contributed by atoms with Crippen LogP contribution in [0.5, 0.6) is 11.5 Å². The van der Waals surface area contributed by atoms with Gasteiger partial charge in [0.05, 0.1) is 12.0 Å². The van der Waals surface area contributed by atoms with Gasteiger partial charge in [0.1, 0.15) is 4.32 Å². The van der Waals surface area contributed by atoms with Gasteiger partial charge in [0, 0.05) is 5.56 Å². The van der Waals surface area contributed by atoms with Crippen molar-refractivity contribution in [2.24, 2.45) is 0 Å². The van der Waals surface area contributed by atoms with Crippen LogP contribution in [0, 0.1) is 0 Å². The summed E-state index contributed by atoms with van der Waals surface area (Å²) in [4.78, 5) is 22.7. The van der Waals surface area contributed by atoms with Gasteiger partial charge in [-0.2, -0.15) is 0 Å². The fraction of sp³-hybridized carbons (Fsp3) is 0.154. The molecule has 1 aliphatic heterocycles. The number of methoxy groups -OCH3 is 1. The number of carbonyl (C=O) groups excluding carboxylic acids is 1. The van der Waals surface area contributed by atoms with Crippen molar-refractivity contribution in [3.8, 4) is 11.5 Å². The number of carbonyl (C=O) groups is 2. The van der Waals surface area contributed by atoms with E-state index in [1.807, 2.05) is 0 Å². The number of nitrogens with one attached hydrogen (secondary N) is 1. The zero-order valence-corrected chi connectivity index (χ0v) is 12.5. The molecule has 1 aromatic carbocycles. The maximum atomic E-state index is 11.7. The van der Waals surface area contributed by atoms with Gasteiger partial charge in [-0.1, -0.05) is 36.1 Å². The molecule has 0 saturated carbocycles. The number of rotatable bonds is 5. The molecule has 1 aliphatic rings. The molecule has 1 saturated heterocycles. The number of para-hydroxylation sites is 1. The van der Waals surface area contributed by atoms with Crippen LogP contribution >= 0.6 is 24.0 Å². The largest absolute Gasteiger partial charge is 0.493 e. The van der Waals surface area contributed by atoms with Gasteiger partial charge in [0.2, 0.25) is 0 Å². The summed E-state index contributed by atoms with van der Waals surface area (Å²) in [7, 11) is 1.45. The van der Waals surface area contributed by atoms with Crippen molar-refractivity contribution in [2.45, 2.75) is 0 Å². The molecule has 2 rings (SSSR count). The van der Waals surface area contributed by atoms with E-state index in [1.54, 1.807) is 24.3 Å². The normalized spacial score (nSPS) is 16.0. The lowest BCUT2D eigenvalue weighted by molar-refractivity contribution is -0.139. The van der Waals surface area contributed by atoms with E-state index in [2.05, 4.69) is 5.32 Å². The summed E-state index contributed by atoms with van der Waals surface area (Å²) < 4.78 is 10.8. The van der Waals surface area contributed by atoms with Crippen LogP contribution in [0.1, 0.15) is 5.56 Å². The highest BCUT2D eigenvalue weighted by Crippen LogP contribution is 2.35. The minimum absolute atomic E-state index is 0.265. The predicted molar refractivity (Wildman–Crippen MR) is 82.4 cm³/mol. The Labute approximate surface area is 130 Å². The van der Waals surface area contributed by atoms with Crippen LogP contribution in [0.15, 0.2) is 23.1 Å². The lowest BCUT2D eigenvalue weighted by Crippen LogP contribution is -2.17. The molecular weight excluding hydrogens is 314 g/mol. The first kappa shape index (κ1) is 15.3. The molecule has 1 heterocycles. The van der Waals surface area contributed by atoms with Crippen LogP contribution in [0.2, 0.25) is 0 Å². The first-order chi connectivity index (χ1) is 10.0. The van der Waals surface area contributed by atoms with E-state index < -0.39 is 12.6 Å². The second-order valence-corrected chi connectivity index (χ2v) is 5.63. The Hall–Kier alpha value is -2.06. The highest BCUT2D eigenvalue weighted by Gasteiger charge is 2.23. The zero-order chi connectivity index (χ0) is 15.4. The minimum Gasteiger partial charge on any atom is -0.493 e. The average Bonchev–Trinajstić information content (AvgIpc) is 2.75. The fourth-order valence-electron chi connectivity index (χ4n) is 1.66. The van der Waals surface area contributed by atoms with E-state index in [0.717, 1.165) is 11.8 Å². The predicted octanol–water partition coefficient (Wildman–Crippen LogP) is 1.65. The number of ether oxygens (including phenoxy) is 2. The van der Waals surface area contributed by atoms with E-state index in [-0.39, 0.29) is 11.7 Å². The van der Waals surface area contributed by atoms with Crippen LogP contribution < -0.4 is 14.8 Å². The Bertz CT molecular complexity index is 641. The summed E-state index contributed by atoms with van der Waals surface area (Å²) in [6, 6.07) is 5.06. The quantitative estimate of drug-likeness (QED) is 0.629. The molecule has 0 unspecified atom stereocenters. The summed E-state index contributed by atoms with van der Waals surface area (Å²) in [5.41, 5.74) is 0.540. The summed E-state index contributed by atoms with van der Waals surface area (Å²) in [6.45, 7) is -0.506. The van der Waals surface area contributed by atoms with Crippen LogP contribution in [0.25, 0.3) is 6.08 Å². The van der Waals surface area contributed by atoms with E-state index in [0.29, 0.717) is 20.5 Å². The smallest absolute Gasteiger partial charge is 0.341 e. The number of amides is 1. The molecule has 1 fully saturated rings. The monoisotopic (exact) mass is 325 g/mol. The van der Waals surface area contributed by atoms with Crippen LogP contribution in [0.4, 0.5) is 0 Å². The molecule has 0 aromatic heterocycles. The van der Waals surface area contributed by atoms with E-state index >= 15 is 0 Å². The summed E-state index contributed by atoms with van der Waals surface area (Å²) in [5, 5.41) is 11.2. The molecule has 0 radical (unpaired) electrons. The van der Waals surface area contributed by atoms with Gasteiger partial charge in [0.15, 0.2) is 18.1 Å². The second-order valence-electron chi connectivity index (χ2n) is 3.91. The maximum Gasteiger partial charge on any atom is 0.341 e. The number of aliphatic carboxylic acids is 1. The van der Waals surface area contributed by atoms with Crippen molar-refractivity contribution in [2.75, 3.05) is 13.7 Å². The first-order valence-corrected chi connectivity index (χ1v) is 7.00. The number of carboxylic acid groups (broad SMARTS) is 1. The molecule has 0 atom stereocenters. The van der Waals surface area contributed by atoms with E-state index in [9.17, 15) is 9.59 Å². The van der Waals surface area contributed by atoms with Crippen LogP contribution in [-0.4, -0.2) is 35.0 Å². The third-order valence-electron chi connectivity index (χ3n) is 2.50. The van der Waals surface area contributed by atoms with Crippen molar-refractivity contribution in [3.05, 3.63) is 28.7 Å². The fourth-order valence-corrected chi connectivity index (χ4v) is 2.69. The lowest BCUT2D eigenvalue weighted by atomic mass is 10.1. The summed E-state index contributed by atoms with van der Waals surface area (Å²) in [5.74, 6) is -0.747. The Morgan fingerprint density at radius 1 is 1.52 bits per heavy atom. The molecule has 8 heteroatoms. The third-order valence-corrected chi connectivity index (χ3v) is 3.66. The average molecular weight is 325 g/mol. The maximum absolute atomic E-state index is 11.7. The number of carboxylic acids is 1. The Kier molecular flexibility index (Phi) is 4.81. The number of benzene rings is 1. The summed E-state index contributed by atoms with van der Waals surface area (Å²) >= 11 is 6.05. The van der Waals surface area contributed by atoms with Crippen molar-refractivity contribution in [1.29, 1.82) is 0 Å². The molecule has 110 valence electrons. The van der Waals surface area contributed by atoms with Gasteiger partial charge in [-0.25, -0.2) is 4.79 Å².